The Kier molecular flexibility index (Phi) is 7.79. The van der Waals surface area contributed by atoms with Gasteiger partial charge in [-0.05, 0) is 85.0 Å². The zero-order valence-corrected chi connectivity index (χ0v) is 34.5. The first-order valence-electron chi connectivity index (χ1n) is 20.9. The van der Waals surface area contributed by atoms with Crippen molar-refractivity contribution in [3.05, 3.63) is 180 Å². The van der Waals surface area contributed by atoms with E-state index in [0.717, 1.165) is 83.7 Å². The van der Waals surface area contributed by atoms with Gasteiger partial charge in [0.25, 0.3) is 0 Å². The molecule has 11 rings (SSSR count). The molecule has 286 valence electrons. The van der Waals surface area contributed by atoms with Gasteiger partial charge >= 0.3 is 0 Å². The van der Waals surface area contributed by atoms with E-state index in [9.17, 15) is 0 Å². The molecule has 1 aliphatic carbocycles. The monoisotopic (exact) mass is 762 g/mol. The summed E-state index contributed by atoms with van der Waals surface area (Å²) in [5, 5.41) is 4.55. The van der Waals surface area contributed by atoms with Crippen LogP contribution in [0.4, 0.5) is 0 Å². The van der Waals surface area contributed by atoms with Crippen molar-refractivity contribution in [3.63, 3.8) is 0 Å². The zero-order chi connectivity index (χ0) is 40.2. The van der Waals surface area contributed by atoms with E-state index in [1.54, 1.807) is 0 Å². The quantitative estimate of drug-likeness (QED) is 0.178. The summed E-state index contributed by atoms with van der Waals surface area (Å²) in [4.78, 5) is 0. The maximum Gasteiger partial charge on any atom is 0.143 e. The van der Waals surface area contributed by atoms with Crippen LogP contribution in [0.1, 0.15) is 63.8 Å². The lowest BCUT2D eigenvalue weighted by molar-refractivity contribution is 0.590. The zero-order valence-electron chi connectivity index (χ0n) is 34.5. The van der Waals surface area contributed by atoms with Crippen LogP contribution in [0.5, 0.6) is 0 Å². The van der Waals surface area contributed by atoms with E-state index < -0.39 is 0 Å². The standard InChI is InChI=1S/C57H46O2/c1-56(2,3)40-27-23-34(24-28-40)42-11-7-15-46-48-17-9-13-44(54(48)58-52(42)46)38-21-19-36-31-37-20-22-39(33-51(37)50(36)32-38)45-14-10-18-49-47-16-8-12-43(53(47)59-55(45)49)35-25-29-41(30-26-35)57(4,5)6/h7-30,32-33H,31H2,1-6H3. The van der Waals surface area contributed by atoms with Crippen molar-refractivity contribution in [1.82, 2.24) is 0 Å². The SMILES string of the molecule is CC(C)(C)c1ccc(-c2cccc3c2oc2c(-c4ccc5c(c4)-c4cc(-c6cccc7c6oc6c(-c8ccc(C(C)(C)C)cc8)cccc67)ccc4C5)cccc23)cc1. The minimum atomic E-state index is 0.101. The van der Waals surface area contributed by atoms with E-state index in [2.05, 4.69) is 199 Å². The van der Waals surface area contributed by atoms with Gasteiger partial charge in [-0.3, -0.25) is 0 Å². The van der Waals surface area contributed by atoms with Crippen LogP contribution in [0, 0.1) is 0 Å². The van der Waals surface area contributed by atoms with Gasteiger partial charge in [0.15, 0.2) is 0 Å². The van der Waals surface area contributed by atoms with E-state index in [1.807, 2.05) is 0 Å². The maximum absolute atomic E-state index is 6.90. The van der Waals surface area contributed by atoms with Gasteiger partial charge in [-0.15, -0.1) is 0 Å². The molecular weight excluding hydrogens is 717 g/mol. The van der Waals surface area contributed by atoms with Crippen LogP contribution < -0.4 is 0 Å². The van der Waals surface area contributed by atoms with Crippen molar-refractivity contribution >= 4 is 43.9 Å². The Balaban J connectivity index is 0.988. The fourth-order valence-electron chi connectivity index (χ4n) is 9.35. The van der Waals surface area contributed by atoms with E-state index in [4.69, 9.17) is 8.83 Å². The number of hydrogen-bond acceptors (Lipinski definition) is 2. The highest BCUT2D eigenvalue weighted by Crippen LogP contribution is 2.46. The molecule has 0 unspecified atom stereocenters. The normalized spacial score (nSPS) is 12.8. The molecule has 10 aromatic rings. The summed E-state index contributed by atoms with van der Waals surface area (Å²) in [6, 6.07) is 57.9. The Hall–Kier alpha value is -6.64. The van der Waals surface area contributed by atoms with Crippen LogP contribution in [0.2, 0.25) is 0 Å². The molecule has 0 fully saturated rings. The van der Waals surface area contributed by atoms with Crippen LogP contribution >= 0.6 is 0 Å². The maximum atomic E-state index is 6.90. The Labute approximate surface area is 345 Å². The van der Waals surface area contributed by atoms with Gasteiger partial charge in [0.1, 0.15) is 22.3 Å². The predicted molar refractivity (Wildman–Crippen MR) is 248 cm³/mol. The van der Waals surface area contributed by atoms with Gasteiger partial charge in [0.2, 0.25) is 0 Å². The summed E-state index contributed by atoms with van der Waals surface area (Å²) in [6.45, 7) is 13.5. The van der Waals surface area contributed by atoms with Gasteiger partial charge in [0, 0.05) is 43.8 Å². The third-order valence-electron chi connectivity index (χ3n) is 12.7. The molecule has 59 heavy (non-hydrogen) atoms. The average Bonchev–Trinajstić information content (AvgIpc) is 3.94. The van der Waals surface area contributed by atoms with E-state index in [1.165, 1.54) is 44.5 Å². The van der Waals surface area contributed by atoms with Crippen molar-refractivity contribution in [1.29, 1.82) is 0 Å². The van der Waals surface area contributed by atoms with Gasteiger partial charge < -0.3 is 8.83 Å². The van der Waals surface area contributed by atoms with Gasteiger partial charge in [-0.2, -0.15) is 0 Å². The largest absolute Gasteiger partial charge is 0.455 e. The first-order valence-corrected chi connectivity index (χ1v) is 20.9. The first kappa shape index (κ1) is 35.5. The van der Waals surface area contributed by atoms with E-state index in [-0.39, 0.29) is 10.8 Å². The lowest BCUT2D eigenvalue weighted by atomic mass is 9.86. The van der Waals surface area contributed by atoms with E-state index in [0.29, 0.717) is 0 Å². The number of hydrogen-bond donors (Lipinski definition) is 0. The van der Waals surface area contributed by atoms with Gasteiger partial charge in [-0.25, -0.2) is 0 Å². The van der Waals surface area contributed by atoms with Crippen molar-refractivity contribution in [2.45, 2.75) is 58.8 Å². The number of benzene rings is 8. The average molecular weight is 763 g/mol. The Morgan fingerprint density at radius 3 is 0.949 bits per heavy atom. The lowest BCUT2D eigenvalue weighted by Gasteiger charge is -2.19. The number of rotatable bonds is 4. The number of para-hydroxylation sites is 4. The molecule has 2 heterocycles. The van der Waals surface area contributed by atoms with Crippen molar-refractivity contribution in [2.75, 3.05) is 0 Å². The fourth-order valence-corrected chi connectivity index (χ4v) is 9.35. The Morgan fingerprint density at radius 2 is 0.627 bits per heavy atom. The second-order valence-corrected chi connectivity index (χ2v) is 18.5. The summed E-state index contributed by atoms with van der Waals surface area (Å²) in [6.07, 6.45) is 0.920. The topological polar surface area (TPSA) is 26.3 Å². The molecule has 1 aliphatic rings. The van der Waals surface area contributed by atoms with Gasteiger partial charge in [-0.1, -0.05) is 187 Å². The highest BCUT2D eigenvalue weighted by Gasteiger charge is 2.24. The molecule has 0 amide bonds. The van der Waals surface area contributed by atoms with Crippen molar-refractivity contribution in [3.8, 4) is 55.6 Å². The summed E-state index contributed by atoms with van der Waals surface area (Å²) < 4.78 is 13.8. The molecule has 0 N–H and O–H groups in total. The molecule has 0 saturated carbocycles. The van der Waals surface area contributed by atoms with Crippen molar-refractivity contribution < 1.29 is 8.83 Å². The smallest absolute Gasteiger partial charge is 0.143 e. The summed E-state index contributed by atoms with van der Waals surface area (Å²) in [7, 11) is 0. The van der Waals surface area contributed by atoms with Crippen molar-refractivity contribution in [2.24, 2.45) is 0 Å². The second-order valence-electron chi connectivity index (χ2n) is 18.5. The van der Waals surface area contributed by atoms with Crippen LogP contribution in [-0.2, 0) is 17.3 Å². The van der Waals surface area contributed by atoms with Gasteiger partial charge in [0.05, 0.1) is 0 Å². The molecule has 0 saturated heterocycles. The Morgan fingerprint density at radius 1 is 0.322 bits per heavy atom. The molecule has 0 atom stereocenters. The van der Waals surface area contributed by atoms with Crippen LogP contribution in [0.25, 0.3) is 99.5 Å². The first-order chi connectivity index (χ1) is 28.5. The van der Waals surface area contributed by atoms with Crippen LogP contribution in [-0.4, -0.2) is 0 Å². The third-order valence-corrected chi connectivity index (χ3v) is 12.7. The van der Waals surface area contributed by atoms with E-state index >= 15 is 0 Å². The minimum absolute atomic E-state index is 0.101. The summed E-state index contributed by atoms with van der Waals surface area (Å²) in [5.41, 5.74) is 20.9. The lowest BCUT2D eigenvalue weighted by Crippen LogP contribution is -2.10. The predicted octanol–water partition coefficient (Wildman–Crippen LogP) is 16.3. The molecule has 2 heteroatoms. The molecule has 0 spiro atoms. The molecule has 0 aliphatic heterocycles. The highest BCUT2D eigenvalue weighted by molar-refractivity contribution is 6.14. The number of fused-ring (bicyclic) bond motifs is 9. The molecular formula is C57H46O2. The number of furan rings is 2. The summed E-state index contributed by atoms with van der Waals surface area (Å²) >= 11 is 0. The second kappa shape index (κ2) is 12.9. The molecule has 0 radical (unpaired) electrons. The minimum Gasteiger partial charge on any atom is -0.455 e. The highest BCUT2D eigenvalue weighted by atomic mass is 16.3. The Bertz CT molecular complexity index is 3060. The van der Waals surface area contributed by atoms with Crippen LogP contribution in [0.3, 0.4) is 0 Å². The fraction of sp³-hybridized carbons (Fsp3) is 0.158. The molecule has 2 nitrogen and oxygen atoms in total. The van der Waals surface area contributed by atoms with Crippen LogP contribution in [0.15, 0.2) is 167 Å². The molecule has 8 aromatic carbocycles. The third kappa shape index (κ3) is 5.76. The molecule has 0 bridgehead atoms. The summed E-state index contributed by atoms with van der Waals surface area (Å²) in [5.74, 6) is 0. The molecule has 2 aromatic heterocycles.